The van der Waals surface area contributed by atoms with Crippen LogP contribution in [0.4, 0.5) is 0 Å². The van der Waals surface area contributed by atoms with E-state index in [1.54, 1.807) is 38.3 Å². The number of amides is 2. The van der Waals surface area contributed by atoms with Gasteiger partial charge < -0.3 is 24.8 Å². The van der Waals surface area contributed by atoms with E-state index in [0.29, 0.717) is 23.0 Å². The normalized spacial score (nSPS) is 17.9. The maximum absolute atomic E-state index is 12.6. The molecule has 0 spiro atoms. The number of carboxylic acid groups (broad SMARTS) is 1. The number of ether oxygens (including phenoxy) is 2. The van der Waals surface area contributed by atoms with Gasteiger partial charge in [0.05, 0.1) is 18.6 Å². The molecule has 1 fully saturated rings. The molecular weight excluding hydrogens is 472 g/mol. The first kappa shape index (κ1) is 28.2. The molecule has 1 aromatic rings. The van der Waals surface area contributed by atoms with Gasteiger partial charge in [-0.05, 0) is 55.4 Å². The fraction of sp³-hybridized carbons (Fsp3) is 0.520. The summed E-state index contributed by atoms with van der Waals surface area (Å²) in [5.74, 6) is -0.989. The van der Waals surface area contributed by atoms with Crippen molar-refractivity contribution in [2.24, 2.45) is 0 Å². The standard InChI is InChI=1S/C25H34N2O7S/c1-15(2)18-6-8-19(9-7-18)33-13-20(28)26-23-24(27(25(23)32)12-21(29)30)17(5)14-35-11-10-22(31)34-16(3)4/h6-9,14-16,23-24H,10-13H2,1-5H3,(H,26,28)(H,29,30). The third-order valence-electron chi connectivity index (χ3n) is 5.27. The van der Waals surface area contributed by atoms with Gasteiger partial charge in [0, 0.05) is 5.75 Å². The Kier molecular flexibility index (Phi) is 10.6. The fourth-order valence-corrected chi connectivity index (χ4v) is 4.36. The number of carbonyl (C=O) groups is 4. The predicted octanol–water partition coefficient (Wildman–Crippen LogP) is 2.95. The molecule has 1 aliphatic rings. The largest absolute Gasteiger partial charge is 0.484 e. The molecule has 0 saturated carbocycles. The summed E-state index contributed by atoms with van der Waals surface area (Å²) in [5, 5.41) is 13.6. The highest BCUT2D eigenvalue weighted by Gasteiger charge is 2.49. The molecule has 0 aliphatic carbocycles. The molecule has 192 valence electrons. The second-order valence-corrected chi connectivity index (χ2v) is 9.86. The van der Waals surface area contributed by atoms with Crippen LogP contribution >= 0.6 is 11.8 Å². The summed E-state index contributed by atoms with van der Waals surface area (Å²) in [4.78, 5) is 49.1. The van der Waals surface area contributed by atoms with Crippen molar-refractivity contribution >= 4 is 35.5 Å². The molecule has 10 heteroatoms. The van der Waals surface area contributed by atoms with Crippen LogP contribution in [-0.4, -0.2) is 70.9 Å². The number of nitrogens with one attached hydrogen (secondary N) is 1. The summed E-state index contributed by atoms with van der Waals surface area (Å²) in [5.41, 5.74) is 1.86. The highest BCUT2D eigenvalue weighted by molar-refractivity contribution is 8.02. The third-order valence-corrected chi connectivity index (χ3v) is 6.24. The van der Waals surface area contributed by atoms with Gasteiger partial charge in [-0.3, -0.25) is 19.2 Å². The predicted molar refractivity (Wildman–Crippen MR) is 133 cm³/mol. The van der Waals surface area contributed by atoms with Crippen LogP contribution in [0.1, 0.15) is 52.5 Å². The molecule has 2 unspecified atom stereocenters. The molecule has 2 rings (SSSR count). The number of aliphatic carboxylic acids is 1. The molecule has 1 saturated heterocycles. The Hall–Kier alpha value is -3.01. The molecular formula is C25H34N2O7S. The lowest BCUT2D eigenvalue weighted by molar-refractivity contribution is -0.158. The minimum absolute atomic E-state index is 0.178. The van der Waals surface area contributed by atoms with Crippen molar-refractivity contribution in [3.8, 4) is 5.75 Å². The van der Waals surface area contributed by atoms with Crippen LogP contribution in [0.3, 0.4) is 0 Å². The number of hydrogen-bond donors (Lipinski definition) is 2. The van der Waals surface area contributed by atoms with E-state index in [2.05, 4.69) is 19.2 Å². The van der Waals surface area contributed by atoms with Crippen molar-refractivity contribution < 1.29 is 33.8 Å². The SMILES string of the molecule is CC(=CSCCC(=O)OC(C)C)C1C(NC(=O)COc2ccc(C(C)C)cc2)C(=O)N1CC(=O)O. The number of thioether (sulfide) groups is 1. The number of rotatable bonds is 13. The van der Waals surface area contributed by atoms with Gasteiger partial charge in [0.2, 0.25) is 5.91 Å². The average molecular weight is 507 g/mol. The number of benzene rings is 1. The molecule has 1 aromatic carbocycles. The Morgan fingerprint density at radius 1 is 1.17 bits per heavy atom. The van der Waals surface area contributed by atoms with Gasteiger partial charge in [-0.1, -0.05) is 26.0 Å². The zero-order valence-electron chi connectivity index (χ0n) is 20.8. The van der Waals surface area contributed by atoms with E-state index in [-0.39, 0.29) is 25.1 Å². The zero-order chi connectivity index (χ0) is 26.1. The molecule has 1 heterocycles. The van der Waals surface area contributed by atoms with E-state index in [9.17, 15) is 19.2 Å². The lowest BCUT2D eigenvalue weighted by Gasteiger charge is -2.47. The van der Waals surface area contributed by atoms with Gasteiger partial charge in [0.15, 0.2) is 6.61 Å². The number of likely N-dealkylation sites (tertiary alicyclic amines) is 1. The molecule has 35 heavy (non-hydrogen) atoms. The molecule has 2 N–H and O–H groups in total. The van der Waals surface area contributed by atoms with E-state index in [1.165, 1.54) is 16.7 Å². The Morgan fingerprint density at radius 3 is 2.40 bits per heavy atom. The molecule has 0 radical (unpaired) electrons. The lowest BCUT2D eigenvalue weighted by atomic mass is 9.89. The Labute approximate surface area is 210 Å². The van der Waals surface area contributed by atoms with Crippen LogP contribution < -0.4 is 10.1 Å². The van der Waals surface area contributed by atoms with Crippen LogP contribution in [0.5, 0.6) is 5.75 Å². The summed E-state index contributed by atoms with van der Waals surface area (Å²) >= 11 is 1.36. The number of carboxylic acids is 1. The zero-order valence-corrected chi connectivity index (χ0v) is 21.6. The van der Waals surface area contributed by atoms with E-state index >= 15 is 0 Å². The van der Waals surface area contributed by atoms with Gasteiger partial charge in [-0.2, -0.15) is 0 Å². The smallest absolute Gasteiger partial charge is 0.323 e. The molecule has 9 nitrogen and oxygen atoms in total. The Morgan fingerprint density at radius 2 is 1.83 bits per heavy atom. The highest BCUT2D eigenvalue weighted by atomic mass is 32.2. The van der Waals surface area contributed by atoms with E-state index in [0.717, 1.165) is 5.56 Å². The number of nitrogens with zero attached hydrogens (tertiary/aromatic N) is 1. The summed E-state index contributed by atoms with van der Waals surface area (Å²) in [6.07, 6.45) is 0.0492. The third kappa shape index (κ3) is 8.61. The Bertz CT molecular complexity index is 944. The van der Waals surface area contributed by atoms with E-state index in [1.807, 2.05) is 12.1 Å². The summed E-state index contributed by atoms with van der Waals surface area (Å²) in [6, 6.07) is 5.97. The maximum atomic E-state index is 12.6. The Balaban J connectivity index is 1.95. The second-order valence-electron chi connectivity index (χ2n) is 8.88. The number of esters is 1. The van der Waals surface area contributed by atoms with Crippen molar-refractivity contribution in [2.45, 2.75) is 65.1 Å². The van der Waals surface area contributed by atoms with Crippen LogP contribution in [0, 0.1) is 0 Å². The fourth-order valence-electron chi connectivity index (χ4n) is 3.56. The molecule has 1 aliphatic heterocycles. The van der Waals surface area contributed by atoms with Gasteiger partial charge in [0.25, 0.3) is 5.91 Å². The minimum atomic E-state index is -1.14. The van der Waals surface area contributed by atoms with Crippen LogP contribution in [0.15, 0.2) is 35.2 Å². The molecule has 0 aromatic heterocycles. The van der Waals surface area contributed by atoms with Crippen molar-refractivity contribution in [2.75, 3.05) is 18.9 Å². The van der Waals surface area contributed by atoms with E-state index < -0.39 is 36.4 Å². The number of β-lactam (4-membered cyclic amide) rings is 1. The first-order valence-electron chi connectivity index (χ1n) is 11.5. The quantitative estimate of drug-likeness (QED) is 0.238. The topological polar surface area (TPSA) is 122 Å². The number of hydrogen-bond acceptors (Lipinski definition) is 7. The van der Waals surface area contributed by atoms with Gasteiger partial charge in [-0.25, -0.2) is 0 Å². The van der Waals surface area contributed by atoms with Crippen molar-refractivity contribution in [3.05, 3.63) is 40.8 Å². The van der Waals surface area contributed by atoms with Crippen LogP contribution in [-0.2, 0) is 23.9 Å². The highest BCUT2D eigenvalue weighted by Crippen LogP contribution is 2.28. The van der Waals surface area contributed by atoms with Gasteiger partial charge in [-0.15, -0.1) is 11.8 Å². The summed E-state index contributed by atoms with van der Waals surface area (Å²) < 4.78 is 10.6. The van der Waals surface area contributed by atoms with E-state index in [4.69, 9.17) is 14.6 Å². The first-order chi connectivity index (χ1) is 16.5. The monoisotopic (exact) mass is 506 g/mol. The van der Waals surface area contributed by atoms with Crippen LogP contribution in [0.2, 0.25) is 0 Å². The second kappa shape index (κ2) is 13.2. The summed E-state index contributed by atoms with van der Waals surface area (Å²) in [7, 11) is 0. The van der Waals surface area contributed by atoms with Gasteiger partial charge in [0.1, 0.15) is 18.3 Å². The molecule has 2 amide bonds. The number of carbonyl (C=O) groups excluding carboxylic acids is 3. The lowest BCUT2D eigenvalue weighted by Crippen LogP contribution is -2.72. The van der Waals surface area contributed by atoms with Crippen molar-refractivity contribution in [1.29, 1.82) is 0 Å². The first-order valence-corrected chi connectivity index (χ1v) is 12.6. The van der Waals surface area contributed by atoms with Crippen molar-refractivity contribution in [3.63, 3.8) is 0 Å². The minimum Gasteiger partial charge on any atom is -0.484 e. The van der Waals surface area contributed by atoms with Gasteiger partial charge >= 0.3 is 11.9 Å². The molecule has 2 atom stereocenters. The average Bonchev–Trinajstić information content (AvgIpc) is 2.78. The maximum Gasteiger partial charge on any atom is 0.323 e. The van der Waals surface area contributed by atoms with Crippen LogP contribution in [0.25, 0.3) is 0 Å². The summed E-state index contributed by atoms with van der Waals surface area (Å²) in [6.45, 7) is 8.75. The van der Waals surface area contributed by atoms with Crippen molar-refractivity contribution in [1.82, 2.24) is 10.2 Å². The molecule has 0 bridgehead atoms.